The summed E-state index contributed by atoms with van der Waals surface area (Å²) < 4.78 is 65.0. The Labute approximate surface area is 279 Å². The van der Waals surface area contributed by atoms with Gasteiger partial charge in [-0.15, -0.1) is 0 Å². The first-order valence-electron chi connectivity index (χ1n) is 16.4. The molecule has 0 fully saturated rings. The molecule has 47 heavy (non-hydrogen) atoms. The maximum atomic E-state index is 11.2. The van der Waals surface area contributed by atoms with Crippen molar-refractivity contribution in [2.45, 2.75) is 19.8 Å². The van der Waals surface area contributed by atoms with E-state index in [2.05, 4.69) is 0 Å². The van der Waals surface area contributed by atoms with Crippen LogP contribution in [0.3, 0.4) is 0 Å². The molecule has 14 heteroatoms. The van der Waals surface area contributed by atoms with Crippen LogP contribution < -0.4 is 4.74 Å². The van der Waals surface area contributed by atoms with Gasteiger partial charge in [-0.1, -0.05) is 6.92 Å². The molecular formula is C33H56O14. The summed E-state index contributed by atoms with van der Waals surface area (Å²) in [6, 6.07) is 6.92. The third-order valence-electron chi connectivity index (χ3n) is 5.81. The van der Waals surface area contributed by atoms with Gasteiger partial charge in [0.25, 0.3) is 0 Å². The number of hydrogen-bond donors (Lipinski definition) is 0. The van der Waals surface area contributed by atoms with Crippen molar-refractivity contribution in [3.8, 4) is 5.75 Å². The highest BCUT2D eigenvalue weighted by atomic mass is 16.6. The highest BCUT2D eigenvalue weighted by Gasteiger charge is 2.00. The summed E-state index contributed by atoms with van der Waals surface area (Å²) in [6.45, 7) is 12.2. The zero-order chi connectivity index (χ0) is 33.7. The van der Waals surface area contributed by atoms with E-state index in [-0.39, 0.29) is 12.6 Å². The third-order valence-corrected chi connectivity index (χ3v) is 5.81. The molecule has 1 rings (SSSR count). The minimum atomic E-state index is -0.191. The Morgan fingerprint density at radius 1 is 0.468 bits per heavy atom. The minimum Gasteiger partial charge on any atom is -0.491 e. The van der Waals surface area contributed by atoms with E-state index in [1.165, 1.54) is 0 Å². The molecule has 0 atom stereocenters. The zero-order valence-corrected chi connectivity index (χ0v) is 28.1. The molecule has 0 N–H and O–H groups in total. The Kier molecular flexibility index (Phi) is 31.9. The maximum absolute atomic E-state index is 11.2. The lowest BCUT2D eigenvalue weighted by atomic mass is 10.2. The van der Waals surface area contributed by atoms with E-state index in [1.54, 1.807) is 24.3 Å². The maximum Gasteiger partial charge on any atom is 0.305 e. The van der Waals surface area contributed by atoms with Gasteiger partial charge in [0, 0.05) is 12.0 Å². The number of hydrogen-bond acceptors (Lipinski definition) is 14. The van der Waals surface area contributed by atoms with Gasteiger partial charge in [0.15, 0.2) is 0 Å². The van der Waals surface area contributed by atoms with Crippen LogP contribution in [-0.2, 0) is 56.9 Å². The van der Waals surface area contributed by atoms with Crippen molar-refractivity contribution in [3.05, 3.63) is 29.8 Å². The summed E-state index contributed by atoms with van der Waals surface area (Å²) in [5, 5.41) is 0. The molecular weight excluding hydrogens is 620 g/mol. The number of carbonyl (C=O) groups excluding carboxylic acids is 2. The topological polar surface area (TPSA) is 145 Å². The van der Waals surface area contributed by atoms with Crippen LogP contribution >= 0.6 is 0 Å². The normalized spacial score (nSPS) is 11.2. The summed E-state index contributed by atoms with van der Waals surface area (Å²) in [5.41, 5.74) is 0.615. The first kappa shape index (κ1) is 42.8. The van der Waals surface area contributed by atoms with Crippen LogP contribution in [-0.4, -0.2) is 158 Å². The molecule has 0 heterocycles. The van der Waals surface area contributed by atoms with Gasteiger partial charge in [0.05, 0.1) is 132 Å². The van der Waals surface area contributed by atoms with Crippen LogP contribution in [0.25, 0.3) is 0 Å². The third kappa shape index (κ3) is 30.8. The fourth-order valence-corrected chi connectivity index (χ4v) is 3.43. The molecule has 0 aromatic heterocycles. The molecule has 0 aliphatic rings. The average molecular weight is 677 g/mol. The molecule has 0 amide bonds. The first-order chi connectivity index (χ1) is 23.3. The fraction of sp³-hybridized carbons (Fsp3) is 0.758. The Morgan fingerprint density at radius 3 is 1.06 bits per heavy atom. The van der Waals surface area contributed by atoms with Crippen molar-refractivity contribution in [1.82, 2.24) is 0 Å². The second kappa shape index (κ2) is 35.1. The molecule has 0 spiro atoms. The highest BCUT2D eigenvalue weighted by Crippen LogP contribution is 2.10. The van der Waals surface area contributed by atoms with E-state index in [9.17, 15) is 9.59 Å². The monoisotopic (exact) mass is 676 g/mol. The number of ether oxygens (including phenoxy) is 12. The van der Waals surface area contributed by atoms with Crippen molar-refractivity contribution in [2.75, 3.05) is 145 Å². The first-order valence-corrected chi connectivity index (χ1v) is 16.4. The van der Waals surface area contributed by atoms with Gasteiger partial charge >= 0.3 is 5.97 Å². The molecule has 272 valence electrons. The molecule has 0 saturated heterocycles. The molecule has 0 bridgehead atoms. The minimum absolute atomic E-state index is 0.191. The number of carbonyl (C=O) groups is 2. The molecule has 0 unspecified atom stereocenters. The smallest absolute Gasteiger partial charge is 0.305 e. The predicted octanol–water partition coefficient (Wildman–Crippen LogP) is 2.39. The van der Waals surface area contributed by atoms with Crippen LogP contribution in [0, 0.1) is 0 Å². The van der Waals surface area contributed by atoms with Gasteiger partial charge in [-0.3, -0.25) is 9.59 Å². The van der Waals surface area contributed by atoms with Gasteiger partial charge in [-0.25, -0.2) is 0 Å². The summed E-state index contributed by atoms with van der Waals surface area (Å²) in [6.07, 6.45) is 2.02. The summed E-state index contributed by atoms with van der Waals surface area (Å²) >= 11 is 0. The Hall–Kier alpha value is -2.24. The van der Waals surface area contributed by atoms with E-state index >= 15 is 0 Å². The number of aldehydes is 1. The molecule has 1 aromatic carbocycles. The number of benzene rings is 1. The molecule has 0 saturated carbocycles. The summed E-state index contributed by atoms with van der Waals surface area (Å²) in [5.74, 6) is 0.509. The van der Waals surface area contributed by atoms with Crippen molar-refractivity contribution in [1.29, 1.82) is 0 Å². The molecule has 0 aliphatic carbocycles. The SMILES string of the molecule is CCCC(=O)OCCOCCOCCOCCOCCOCCOCCOCCOCCOCCOCCOc1ccc(C=O)cc1. The standard InChI is InChI=1S/C33H56O14/c1-2-3-33(35)47-29-27-45-25-23-43-21-19-41-17-15-39-13-11-37-9-8-36-10-12-38-14-16-40-18-20-42-22-24-44-26-28-46-32-6-4-31(30-34)5-7-32/h4-7,30H,2-3,8-29H2,1H3. The van der Waals surface area contributed by atoms with Crippen LogP contribution in [0.4, 0.5) is 0 Å². The van der Waals surface area contributed by atoms with Crippen LogP contribution in [0.15, 0.2) is 24.3 Å². The molecule has 1 aromatic rings. The lowest BCUT2D eigenvalue weighted by Crippen LogP contribution is -2.15. The van der Waals surface area contributed by atoms with Crippen LogP contribution in [0.5, 0.6) is 5.75 Å². The van der Waals surface area contributed by atoms with Gasteiger partial charge in [0.1, 0.15) is 25.2 Å². The molecule has 0 radical (unpaired) electrons. The van der Waals surface area contributed by atoms with E-state index < -0.39 is 0 Å². The highest BCUT2D eigenvalue weighted by molar-refractivity contribution is 5.74. The van der Waals surface area contributed by atoms with Crippen molar-refractivity contribution < 1.29 is 66.4 Å². The quantitative estimate of drug-likeness (QED) is 0.0578. The predicted molar refractivity (Wildman–Crippen MR) is 171 cm³/mol. The van der Waals surface area contributed by atoms with Crippen molar-refractivity contribution in [2.24, 2.45) is 0 Å². The van der Waals surface area contributed by atoms with Crippen LogP contribution in [0.2, 0.25) is 0 Å². The second-order valence-electron chi connectivity index (χ2n) is 9.63. The van der Waals surface area contributed by atoms with E-state index in [0.29, 0.717) is 156 Å². The zero-order valence-electron chi connectivity index (χ0n) is 28.1. The number of esters is 1. The van der Waals surface area contributed by atoms with E-state index in [4.69, 9.17) is 56.8 Å². The number of rotatable bonds is 37. The average Bonchev–Trinajstić information content (AvgIpc) is 3.08. The summed E-state index contributed by atoms with van der Waals surface area (Å²) in [7, 11) is 0. The van der Waals surface area contributed by atoms with E-state index in [1.807, 2.05) is 6.92 Å². The lowest BCUT2D eigenvalue weighted by Gasteiger charge is -2.09. The Balaban J connectivity index is 1.64. The van der Waals surface area contributed by atoms with Gasteiger partial charge in [0.2, 0.25) is 0 Å². The molecule has 14 nitrogen and oxygen atoms in total. The fourth-order valence-electron chi connectivity index (χ4n) is 3.43. The van der Waals surface area contributed by atoms with Gasteiger partial charge in [-0.2, -0.15) is 0 Å². The Morgan fingerprint density at radius 2 is 0.766 bits per heavy atom. The Bertz CT molecular complexity index is 811. The lowest BCUT2D eigenvalue weighted by molar-refractivity contribution is -0.145. The van der Waals surface area contributed by atoms with Crippen molar-refractivity contribution in [3.63, 3.8) is 0 Å². The summed E-state index contributed by atoms with van der Waals surface area (Å²) in [4.78, 5) is 21.8. The van der Waals surface area contributed by atoms with E-state index in [0.717, 1.165) is 12.7 Å². The molecule has 0 aliphatic heterocycles. The van der Waals surface area contributed by atoms with Gasteiger partial charge < -0.3 is 56.8 Å². The van der Waals surface area contributed by atoms with Gasteiger partial charge in [-0.05, 0) is 30.7 Å². The largest absolute Gasteiger partial charge is 0.491 e. The second-order valence-corrected chi connectivity index (χ2v) is 9.63. The van der Waals surface area contributed by atoms with Crippen molar-refractivity contribution >= 4 is 12.3 Å². The van der Waals surface area contributed by atoms with Crippen LogP contribution in [0.1, 0.15) is 30.1 Å².